The van der Waals surface area contributed by atoms with E-state index in [4.69, 9.17) is 0 Å². The van der Waals surface area contributed by atoms with E-state index in [1.807, 2.05) is 0 Å². The molecule has 0 amide bonds. The number of nitrogens with zero attached hydrogens (tertiary/aromatic N) is 7. The lowest BCUT2D eigenvalue weighted by Crippen LogP contribution is -2.06. The molecule has 0 aliphatic heterocycles. The standard InChI is InChI=1S/C15H15N7O2S/c1-8-6-12(22(23)24)19-20(8)5-4-11-17-14-13-9(2)10(3)25-15(13)16-7-21(14)18-11/h6-7H,4-5H2,1-3H3. The molecule has 0 aliphatic rings. The zero-order valence-corrected chi connectivity index (χ0v) is 14.7. The van der Waals surface area contributed by atoms with Crippen molar-refractivity contribution in [3.8, 4) is 0 Å². The Morgan fingerprint density at radius 3 is 2.80 bits per heavy atom. The molecule has 9 nitrogen and oxygen atoms in total. The number of aryl methyl sites for hydroxylation is 5. The quantitative estimate of drug-likeness (QED) is 0.411. The highest BCUT2D eigenvalue weighted by Crippen LogP contribution is 2.30. The van der Waals surface area contributed by atoms with Crippen LogP contribution in [0.3, 0.4) is 0 Å². The number of thiophene rings is 1. The molecule has 4 heterocycles. The van der Waals surface area contributed by atoms with Crippen LogP contribution in [0.5, 0.6) is 0 Å². The van der Waals surface area contributed by atoms with Crippen molar-refractivity contribution in [2.24, 2.45) is 0 Å². The van der Waals surface area contributed by atoms with Gasteiger partial charge in [-0.25, -0.2) is 14.5 Å². The van der Waals surface area contributed by atoms with Gasteiger partial charge in [0.15, 0.2) is 11.5 Å². The molecule has 25 heavy (non-hydrogen) atoms. The van der Waals surface area contributed by atoms with Crippen molar-refractivity contribution in [3.05, 3.63) is 44.5 Å². The highest BCUT2D eigenvalue weighted by molar-refractivity contribution is 7.18. The van der Waals surface area contributed by atoms with Crippen LogP contribution in [0.1, 0.15) is 22.0 Å². The van der Waals surface area contributed by atoms with E-state index in [1.54, 1.807) is 33.8 Å². The fraction of sp³-hybridized carbons (Fsp3) is 0.333. The van der Waals surface area contributed by atoms with Crippen LogP contribution in [0.15, 0.2) is 12.4 Å². The molecule has 4 aromatic heterocycles. The molecular formula is C15H15N7O2S. The van der Waals surface area contributed by atoms with Gasteiger partial charge in [-0.15, -0.1) is 16.4 Å². The van der Waals surface area contributed by atoms with Crippen LogP contribution in [0.25, 0.3) is 15.9 Å². The van der Waals surface area contributed by atoms with Crippen molar-refractivity contribution in [2.45, 2.75) is 33.7 Å². The van der Waals surface area contributed by atoms with Gasteiger partial charge >= 0.3 is 5.82 Å². The van der Waals surface area contributed by atoms with Gasteiger partial charge in [-0.1, -0.05) is 0 Å². The minimum absolute atomic E-state index is 0.143. The average molecular weight is 357 g/mol. The predicted molar refractivity (Wildman–Crippen MR) is 93.0 cm³/mol. The van der Waals surface area contributed by atoms with Gasteiger partial charge in [-0.3, -0.25) is 0 Å². The Morgan fingerprint density at radius 1 is 1.28 bits per heavy atom. The maximum Gasteiger partial charge on any atom is 0.390 e. The summed E-state index contributed by atoms with van der Waals surface area (Å²) < 4.78 is 3.30. The number of aromatic nitrogens is 6. The number of fused-ring (bicyclic) bond motifs is 3. The SMILES string of the molecule is Cc1sc2ncn3nc(CCn4nc([N+](=O)[O-])cc4C)nc3c2c1C. The molecule has 4 rings (SSSR count). The molecule has 0 aliphatic carbocycles. The molecule has 0 unspecified atom stereocenters. The summed E-state index contributed by atoms with van der Waals surface area (Å²) in [4.78, 5) is 21.6. The van der Waals surface area contributed by atoms with E-state index in [2.05, 4.69) is 34.0 Å². The van der Waals surface area contributed by atoms with Crippen LogP contribution in [-0.4, -0.2) is 34.3 Å². The number of nitro groups is 1. The third-order valence-corrected chi connectivity index (χ3v) is 5.37. The van der Waals surface area contributed by atoms with Crippen LogP contribution in [0.4, 0.5) is 5.82 Å². The minimum Gasteiger partial charge on any atom is -0.358 e. The van der Waals surface area contributed by atoms with Crippen molar-refractivity contribution < 1.29 is 4.92 Å². The largest absolute Gasteiger partial charge is 0.390 e. The molecule has 0 bridgehead atoms. The molecule has 0 N–H and O–H groups in total. The van der Waals surface area contributed by atoms with E-state index in [9.17, 15) is 10.1 Å². The second-order valence-corrected chi connectivity index (χ2v) is 7.08. The number of hydrogen-bond acceptors (Lipinski definition) is 7. The summed E-state index contributed by atoms with van der Waals surface area (Å²) in [5.74, 6) is 0.519. The van der Waals surface area contributed by atoms with Gasteiger partial charge in [-0.2, -0.15) is 4.68 Å². The van der Waals surface area contributed by atoms with E-state index in [0.29, 0.717) is 18.8 Å². The van der Waals surface area contributed by atoms with Crippen molar-refractivity contribution >= 4 is 33.0 Å². The van der Waals surface area contributed by atoms with Crippen LogP contribution < -0.4 is 0 Å². The first kappa shape index (κ1) is 15.6. The Bertz CT molecular complexity index is 1120. The molecule has 10 heteroatoms. The van der Waals surface area contributed by atoms with Crippen molar-refractivity contribution in [3.63, 3.8) is 0 Å². The number of hydrogen-bond donors (Lipinski definition) is 0. The summed E-state index contributed by atoms with van der Waals surface area (Å²) in [7, 11) is 0. The maximum absolute atomic E-state index is 10.8. The highest BCUT2D eigenvalue weighted by Gasteiger charge is 2.17. The summed E-state index contributed by atoms with van der Waals surface area (Å²) in [6.45, 7) is 6.41. The van der Waals surface area contributed by atoms with Crippen LogP contribution in [0, 0.1) is 30.9 Å². The van der Waals surface area contributed by atoms with Crippen LogP contribution in [-0.2, 0) is 13.0 Å². The molecule has 4 aromatic rings. The van der Waals surface area contributed by atoms with E-state index in [1.165, 1.54) is 16.5 Å². The molecule has 0 atom stereocenters. The molecule has 0 spiro atoms. The van der Waals surface area contributed by atoms with Gasteiger partial charge in [0.1, 0.15) is 11.2 Å². The number of rotatable bonds is 4. The monoisotopic (exact) mass is 357 g/mol. The zero-order chi connectivity index (χ0) is 17.7. The van der Waals surface area contributed by atoms with Gasteiger partial charge in [0.2, 0.25) is 0 Å². The maximum atomic E-state index is 10.8. The van der Waals surface area contributed by atoms with Gasteiger partial charge in [-0.05, 0) is 31.3 Å². The van der Waals surface area contributed by atoms with Gasteiger partial charge in [0, 0.05) is 11.3 Å². The second-order valence-electron chi connectivity index (χ2n) is 5.88. The first-order chi connectivity index (χ1) is 11.9. The summed E-state index contributed by atoms with van der Waals surface area (Å²) >= 11 is 1.65. The first-order valence-electron chi connectivity index (χ1n) is 7.73. The second kappa shape index (κ2) is 5.59. The van der Waals surface area contributed by atoms with E-state index >= 15 is 0 Å². The Morgan fingerprint density at radius 2 is 2.08 bits per heavy atom. The fourth-order valence-electron chi connectivity index (χ4n) is 2.81. The van der Waals surface area contributed by atoms with Gasteiger partial charge in [0.05, 0.1) is 28.8 Å². The Hall–Kier alpha value is -2.88. The third kappa shape index (κ3) is 2.54. The van der Waals surface area contributed by atoms with E-state index in [-0.39, 0.29) is 5.82 Å². The van der Waals surface area contributed by atoms with E-state index in [0.717, 1.165) is 21.6 Å². The minimum atomic E-state index is -0.489. The lowest BCUT2D eigenvalue weighted by atomic mass is 10.2. The smallest absolute Gasteiger partial charge is 0.358 e. The summed E-state index contributed by atoms with van der Waals surface area (Å²) in [6.07, 6.45) is 2.21. The van der Waals surface area contributed by atoms with Crippen LogP contribution >= 0.6 is 11.3 Å². The van der Waals surface area contributed by atoms with Crippen molar-refractivity contribution in [1.29, 1.82) is 0 Å². The topological polar surface area (TPSA) is 104 Å². The predicted octanol–water partition coefficient (Wildman–Crippen LogP) is 2.61. The molecule has 0 saturated carbocycles. The Balaban J connectivity index is 1.66. The summed E-state index contributed by atoms with van der Waals surface area (Å²) in [6, 6.07) is 1.46. The molecule has 0 fully saturated rings. The lowest BCUT2D eigenvalue weighted by molar-refractivity contribution is -0.389. The first-order valence-corrected chi connectivity index (χ1v) is 8.54. The summed E-state index contributed by atoms with van der Waals surface area (Å²) in [5, 5.41) is 20.3. The molecule has 0 aromatic carbocycles. The van der Waals surface area contributed by atoms with E-state index < -0.39 is 4.92 Å². The molecular weight excluding hydrogens is 342 g/mol. The average Bonchev–Trinajstić information content (AvgIpc) is 3.22. The fourth-order valence-corrected chi connectivity index (χ4v) is 3.80. The molecule has 0 radical (unpaired) electrons. The molecule has 128 valence electrons. The Labute approximate surface area is 146 Å². The lowest BCUT2D eigenvalue weighted by Gasteiger charge is -1.95. The Kier molecular flexibility index (Phi) is 3.49. The molecule has 0 saturated heterocycles. The normalized spacial score (nSPS) is 11.6. The van der Waals surface area contributed by atoms with Crippen LogP contribution in [0.2, 0.25) is 0 Å². The van der Waals surface area contributed by atoms with Gasteiger partial charge < -0.3 is 10.1 Å². The van der Waals surface area contributed by atoms with Gasteiger partial charge in [0.25, 0.3) is 0 Å². The summed E-state index contributed by atoms with van der Waals surface area (Å²) in [5.41, 5.74) is 2.71. The highest BCUT2D eigenvalue weighted by atomic mass is 32.1. The van der Waals surface area contributed by atoms with Crippen molar-refractivity contribution in [2.75, 3.05) is 0 Å². The zero-order valence-electron chi connectivity index (χ0n) is 13.9. The van der Waals surface area contributed by atoms with Crippen molar-refractivity contribution in [1.82, 2.24) is 29.4 Å². The third-order valence-electron chi connectivity index (χ3n) is 4.25.